The first-order valence-corrected chi connectivity index (χ1v) is 9.31. The van der Waals surface area contributed by atoms with Crippen molar-refractivity contribution in [1.29, 1.82) is 0 Å². The largest absolute Gasteiger partial charge is 0.481 e. The van der Waals surface area contributed by atoms with Crippen LogP contribution in [0.2, 0.25) is 0 Å². The molecule has 0 aliphatic heterocycles. The lowest BCUT2D eigenvalue weighted by Gasteiger charge is -1.96. The van der Waals surface area contributed by atoms with Crippen LogP contribution >= 0.6 is 37.2 Å². The maximum absolute atomic E-state index is 10.1. The van der Waals surface area contributed by atoms with Gasteiger partial charge in [-0.1, -0.05) is 11.1 Å². The normalized spacial score (nSPS) is 7.73. The molecular formula is C7H12I2O2. The van der Waals surface area contributed by atoms with Gasteiger partial charge in [-0.3, -0.25) is 4.79 Å². The minimum Gasteiger partial charge on any atom is -0.481 e. The average Bonchev–Trinajstić information content (AvgIpc) is 1.90. The van der Waals surface area contributed by atoms with Gasteiger partial charge in [0, 0.05) is 37.2 Å². The van der Waals surface area contributed by atoms with E-state index in [1.807, 2.05) is 20.8 Å². The molecule has 0 amide bonds. The fourth-order valence-corrected chi connectivity index (χ4v) is 0.404. The van der Waals surface area contributed by atoms with E-state index >= 15 is 0 Å². The van der Waals surface area contributed by atoms with Gasteiger partial charge >= 0.3 is 5.97 Å². The number of hydrogen-bond acceptors (Lipinski definition) is 1. The summed E-state index contributed by atoms with van der Waals surface area (Å²) in [6.45, 7) is 5.67. The Morgan fingerprint density at radius 2 is 1.64 bits per heavy atom. The fourth-order valence-electron chi connectivity index (χ4n) is 0.404. The molecule has 0 aliphatic rings. The van der Waals surface area contributed by atoms with Crippen LogP contribution in [0, 0.1) is 0 Å². The minimum atomic E-state index is -0.756. The Morgan fingerprint density at radius 3 is 1.73 bits per heavy atom. The molecule has 2 nitrogen and oxygen atoms in total. The van der Waals surface area contributed by atoms with Crippen LogP contribution in [0.3, 0.4) is 0 Å². The lowest BCUT2D eigenvalue weighted by molar-refractivity contribution is -0.136. The van der Waals surface area contributed by atoms with E-state index in [4.69, 9.17) is 5.11 Å². The number of carboxylic acid groups (broad SMARTS) is 1. The Balaban J connectivity index is 0. The molecule has 0 fully saturated rings. The van der Waals surface area contributed by atoms with Gasteiger partial charge in [-0.05, 0) is 20.8 Å². The zero-order chi connectivity index (χ0) is 9.44. The number of carboxylic acids is 1. The minimum absolute atomic E-state index is 0.169. The summed E-state index contributed by atoms with van der Waals surface area (Å²) in [5.74, 6) is -0.756. The molecule has 0 rings (SSSR count). The second-order valence-corrected chi connectivity index (χ2v) is 2.35. The molecular weight excluding hydrogens is 370 g/mol. The number of hydrogen-bond donors (Lipinski definition) is 1. The standard InChI is InChI=1S/C7H12O2.I2/c1-5(2)6(3)4-7(8)9;1-2/h4H2,1-3H3,(H,8,9);. The molecule has 0 bridgehead atoms. The van der Waals surface area contributed by atoms with Crippen LogP contribution in [0.1, 0.15) is 27.2 Å². The zero-order valence-corrected chi connectivity index (χ0v) is 11.1. The quantitative estimate of drug-likeness (QED) is 0.586. The van der Waals surface area contributed by atoms with Crippen molar-refractivity contribution in [3.05, 3.63) is 11.1 Å². The lowest BCUT2D eigenvalue weighted by Crippen LogP contribution is -1.95. The predicted octanol–water partition coefficient (Wildman–Crippen LogP) is 3.59. The van der Waals surface area contributed by atoms with Crippen molar-refractivity contribution < 1.29 is 9.90 Å². The van der Waals surface area contributed by atoms with Gasteiger partial charge in [-0.15, -0.1) is 0 Å². The van der Waals surface area contributed by atoms with Crippen LogP contribution in [-0.4, -0.2) is 11.1 Å². The Bertz CT molecular complexity index is 149. The average molecular weight is 382 g/mol. The Labute approximate surface area is 90.8 Å². The predicted molar refractivity (Wildman–Crippen MR) is 64.3 cm³/mol. The topological polar surface area (TPSA) is 37.3 Å². The van der Waals surface area contributed by atoms with E-state index in [1.54, 1.807) is 0 Å². The maximum atomic E-state index is 10.1. The van der Waals surface area contributed by atoms with Crippen LogP contribution in [-0.2, 0) is 4.79 Å². The molecule has 0 radical (unpaired) electrons. The summed E-state index contributed by atoms with van der Waals surface area (Å²) < 4.78 is 0. The van der Waals surface area contributed by atoms with Gasteiger partial charge in [0.15, 0.2) is 0 Å². The summed E-state index contributed by atoms with van der Waals surface area (Å²) in [5.41, 5.74) is 2.04. The molecule has 0 aliphatic carbocycles. The summed E-state index contributed by atoms with van der Waals surface area (Å²) in [4.78, 5) is 10.1. The van der Waals surface area contributed by atoms with Crippen molar-refractivity contribution in [2.75, 3.05) is 0 Å². The van der Waals surface area contributed by atoms with Gasteiger partial charge in [0.05, 0.1) is 6.42 Å². The van der Waals surface area contributed by atoms with Crippen LogP contribution in [0.5, 0.6) is 0 Å². The van der Waals surface area contributed by atoms with Gasteiger partial charge in [-0.2, -0.15) is 0 Å². The highest BCUT2D eigenvalue weighted by atomic mass is 128. The highest BCUT2D eigenvalue weighted by Gasteiger charge is 1.98. The zero-order valence-electron chi connectivity index (χ0n) is 6.82. The molecule has 0 heterocycles. The summed E-state index contributed by atoms with van der Waals surface area (Å²) in [5, 5.41) is 8.30. The molecule has 0 aromatic heterocycles. The first-order chi connectivity index (χ1) is 5.04. The van der Waals surface area contributed by atoms with Crippen LogP contribution in [0.15, 0.2) is 11.1 Å². The molecule has 4 heteroatoms. The fraction of sp³-hybridized carbons (Fsp3) is 0.571. The van der Waals surface area contributed by atoms with Gasteiger partial charge in [0.25, 0.3) is 0 Å². The third-order valence-corrected chi connectivity index (χ3v) is 1.27. The second-order valence-electron chi connectivity index (χ2n) is 2.35. The molecule has 0 aromatic carbocycles. The van der Waals surface area contributed by atoms with Crippen molar-refractivity contribution in [2.45, 2.75) is 27.2 Å². The second kappa shape index (κ2) is 8.76. The van der Waals surface area contributed by atoms with E-state index < -0.39 is 5.97 Å². The van der Waals surface area contributed by atoms with Crippen LogP contribution in [0.25, 0.3) is 0 Å². The van der Waals surface area contributed by atoms with E-state index in [-0.39, 0.29) is 6.42 Å². The van der Waals surface area contributed by atoms with Gasteiger partial charge in [0.1, 0.15) is 0 Å². The number of rotatable bonds is 2. The molecule has 11 heavy (non-hydrogen) atoms. The van der Waals surface area contributed by atoms with E-state index in [0.29, 0.717) is 0 Å². The van der Waals surface area contributed by atoms with Gasteiger partial charge in [0.2, 0.25) is 0 Å². The summed E-state index contributed by atoms with van der Waals surface area (Å²) in [6, 6.07) is 0. The molecule has 1 N–H and O–H groups in total. The van der Waals surface area contributed by atoms with Crippen molar-refractivity contribution >= 4 is 43.2 Å². The molecule has 0 spiro atoms. The number of allylic oxidation sites excluding steroid dienone is 1. The summed E-state index contributed by atoms with van der Waals surface area (Å²) in [7, 11) is 0. The Kier molecular flexibility index (Phi) is 11.3. The number of halogens is 2. The monoisotopic (exact) mass is 382 g/mol. The van der Waals surface area contributed by atoms with Crippen molar-refractivity contribution in [2.24, 2.45) is 0 Å². The van der Waals surface area contributed by atoms with Crippen LogP contribution in [0.4, 0.5) is 0 Å². The maximum Gasteiger partial charge on any atom is 0.307 e. The number of aliphatic carboxylic acids is 1. The van der Waals surface area contributed by atoms with Crippen molar-refractivity contribution in [1.82, 2.24) is 0 Å². The molecule has 0 saturated heterocycles. The van der Waals surface area contributed by atoms with Gasteiger partial charge in [-0.25, -0.2) is 0 Å². The van der Waals surface area contributed by atoms with Crippen molar-refractivity contribution in [3.8, 4) is 0 Å². The lowest BCUT2D eigenvalue weighted by atomic mass is 10.1. The van der Waals surface area contributed by atoms with E-state index in [0.717, 1.165) is 11.1 Å². The Morgan fingerprint density at radius 1 is 1.27 bits per heavy atom. The molecule has 0 unspecified atom stereocenters. The smallest absolute Gasteiger partial charge is 0.307 e. The molecule has 0 saturated carbocycles. The van der Waals surface area contributed by atoms with E-state index in [2.05, 4.69) is 37.2 Å². The number of carbonyl (C=O) groups is 1. The highest BCUT2D eigenvalue weighted by molar-refractivity contribution is 15.0. The highest BCUT2D eigenvalue weighted by Crippen LogP contribution is 2.05. The third-order valence-electron chi connectivity index (χ3n) is 1.27. The van der Waals surface area contributed by atoms with Crippen molar-refractivity contribution in [3.63, 3.8) is 0 Å². The Hall–Kier alpha value is 0.670. The third kappa shape index (κ3) is 10.7. The van der Waals surface area contributed by atoms with Gasteiger partial charge < -0.3 is 5.11 Å². The summed E-state index contributed by atoms with van der Waals surface area (Å²) >= 11 is 4.24. The SMILES string of the molecule is CC(C)=C(C)CC(=O)O.II. The molecule has 0 aromatic rings. The van der Waals surface area contributed by atoms with E-state index in [1.165, 1.54) is 0 Å². The molecule has 66 valence electrons. The van der Waals surface area contributed by atoms with Crippen LogP contribution < -0.4 is 0 Å². The first kappa shape index (κ1) is 14.2. The first-order valence-electron chi connectivity index (χ1n) is 3.03. The summed E-state index contributed by atoms with van der Waals surface area (Å²) in [6.07, 6.45) is 0.169. The van der Waals surface area contributed by atoms with E-state index in [9.17, 15) is 4.79 Å². The molecule has 0 atom stereocenters.